The highest BCUT2D eigenvalue weighted by atomic mass is 16.5. The van der Waals surface area contributed by atoms with E-state index in [9.17, 15) is 4.79 Å². The van der Waals surface area contributed by atoms with Gasteiger partial charge in [0.05, 0.1) is 6.10 Å². The third kappa shape index (κ3) is 6.15. The van der Waals surface area contributed by atoms with Gasteiger partial charge in [0, 0.05) is 45.2 Å². The number of nitrogens with one attached hydrogen (secondary N) is 2. The molecule has 0 aromatic rings. The molecule has 150 valence electrons. The molecule has 1 aliphatic carbocycles. The van der Waals surface area contributed by atoms with E-state index in [1.54, 1.807) is 7.05 Å². The lowest BCUT2D eigenvalue weighted by atomic mass is 10.0. The first-order chi connectivity index (χ1) is 12.5. The summed E-state index contributed by atoms with van der Waals surface area (Å²) in [5, 5.41) is 6.87. The highest BCUT2D eigenvalue weighted by Crippen LogP contribution is 2.27. The summed E-state index contributed by atoms with van der Waals surface area (Å²) in [6.07, 6.45) is 6.80. The first-order valence-electron chi connectivity index (χ1n) is 10.4. The Balaban J connectivity index is 1.72. The van der Waals surface area contributed by atoms with Gasteiger partial charge in [0.15, 0.2) is 5.96 Å². The van der Waals surface area contributed by atoms with Crippen LogP contribution in [0.2, 0.25) is 0 Å². The molecule has 1 aliphatic heterocycles. The minimum atomic E-state index is 0.275. The summed E-state index contributed by atoms with van der Waals surface area (Å²) in [6.45, 7) is 9.68. The predicted molar refractivity (Wildman–Crippen MR) is 106 cm³/mol. The van der Waals surface area contributed by atoms with Gasteiger partial charge in [-0.3, -0.25) is 9.79 Å². The van der Waals surface area contributed by atoms with Gasteiger partial charge in [0.25, 0.3) is 0 Å². The quantitative estimate of drug-likeness (QED) is 0.511. The van der Waals surface area contributed by atoms with Crippen molar-refractivity contribution in [1.82, 2.24) is 15.5 Å². The van der Waals surface area contributed by atoms with E-state index in [1.165, 1.54) is 12.8 Å². The molecule has 1 saturated carbocycles. The van der Waals surface area contributed by atoms with Crippen molar-refractivity contribution in [3.63, 3.8) is 0 Å². The number of amides is 1. The van der Waals surface area contributed by atoms with Crippen LogP contribution in [0.3, 0.4) is 0 Å². The van der Waals surface area contributed by atoms with Crippen LogP contribution in [0.25, 0.3) is 0 Å². The number of guanidine groups is 1. The van der Waals surface area contributed by atoms with Crippen molar-refractivity contribution in [2.24, 2.45) is 16.8 Å². The zero-order valence-corrected chi connectivity index (χ0v) is 17.1. The van der Waals surface area contributed by atoms with Crippen molar-refractivity contribution < 1.29 is 9.53 Å². The minimum Gasteiger partial charge on any atom is -0.378 e. The zero-order chi connectivity index (χ0) is 18.9. The number of rotatable bonds is 8. The molecule has 26 heavy (non-hydrogen) atoms. The van der Waals surface area contributed by atoms with E-state index in [4.69, 9.17) is 4.74 Å². The van der Waals surface area contributed by atoms with Gasteiger partial charge in [-0.2, -0.15) is 0 Å². The number of hydrogen-bond donors (Lipinski definition) is 2. The average Bonchev–Trinajstić information content (AvgIpc) is 3.31. The zero-order valence-electron chi connectivity index (χ0n) is 17.1. The van der Waals surface area contributed by atoms with E-state index in [0.717, 1.165) is 57.9 Å². The van der Waals surface area contributed by atoms with Crippen LogP contribution in [0.15, 0.2) is 4.99 Å². The summed E-state index contributed by atoms with van der Waals surface area (Å²) >= 11 is 0. The number of hydrogen-bond acceptors (Lipinski definition) is 3. The molecular formula is C20H38N4O2. The lowest BCUT2D eigenvalue weighted by Gasteiger charge is -2.23. The number of likely N-dealkylation sites (tertiary alicyclic amines) is 1. The van der Waals surface area contributed by atoms with Crippen molar-refractivity contribution in [2.75, 3.05) is 33.3 Å². The molecule has 2 fully saturated rings. The second-order valence-electron chi connectivity index (χ2n) is 7.92. The molecule has 2 unspecified atom stereocenters. The first-order valence-corrected chi connectivity index (χ1v) is 10.4. The highest BCUT2D eigenvalue weighted by Gasteiger charge is 2.32. The Kier molecular flexibility index (Phi) is 8.69. The van der Waals surface area contributed by atoms with E-state index in [2.05, 4.69) is 29.5 Å². The molecule has 1 saturated heterocycles. The van der Waals surface area contributed by atoms with E-state index in [1.807, 2.05) is 11.8 Å². The summed E-state index contributed by atoms with van der Waals surface area (Å²) < 4.78 is 5.80. The van der Waals surface area contributed by atoms with E-state index < -0.39 is 0 Å². The van der Waals surface area contributed by atoms with Gasteiger partial charge in [-0.1, -0.05) is 26.7 Å². The number of ether oxygens (including phenoxy) is 1. The maximum Gasteiger partial charge on any atom is 0.225 e. The van der Waals surface area contributed by atoms with Crippen molar-refractivity contribution in [1.29, 1.82) is 0 Å². The lowest BCUT2D eigenvalue weighted by Crippen LogP contribution is -2.46. The molecule has 1 amide bonds. The van der Waals surface area contributed by atoms with E-state index in [0.29, 0.717) is 17.9 Å². The monoisotopic (exact) mass is 366 g/mol. The fourth-order valence-corrected chi connectivity index (χ4v) is 4.05. The fourth-order valence-electron chi connectivity index (χ4n) is 4.05. The largest absolute Gasteiger partial charge is 0.378 e. The molecular weight excluding hydrogens is 328 g/mol. The molecule has 0 spiro atoms. The normalized spacial score (nSPS) is 22.9. The molecule has 6 nitrogen and oxygen atoms in total. The molecule has 2 aliphatic rings. The summed E-state index contributed by atoms with van der Waals surface area (Å²) in [4.78, 5) is 18.9. The van der Waals surface area contributed by atoms with Gasteiger partial charge in [-0.25, -0.2) is 0 Å². The van der Waals surface area contributed by atoms with Crippen LogP contribution >= 0.6 is 0 Å². The van der Waals surface area contributed by atoms with E-state index in [-0.39, 0.29) is 12.0 Å². The number of aliphatic imine (C=N–C) groups is 1. The summed E-state index contributed by atoms with van der Waals surface area (Å²) in [7, 11) is 1.80. The van der Waals surface area contributed by atoms with E-state index >= 15 is 0 Å². The van der Waals surface area contributed by atoms with Gasteiger partial charge >= 0.3 is 0 Å². The number of nitrogens with zero attached hydrogens (tertiary/aromatic N) is 2. The third-order valence-corrected chi connectivity index (χ3v) is 5.61. The molecule has 2 rings (SSSR count). The van der Waals surface area contributed by atoms with Crippen LogP contribution < -0.4 is 10.6 Å². The summed E-state index contributed by atoms with van der Waals surface area (Å²) in [5.41, 5.74) is 0. The van der Waals surface area contributed by atoms with Gasteiger partial charge in [0.2, 0.25) is 5.91 Å². The molecule has 6 heteroatoms. The average molecular weight is 367 g/mol. The molecule has 2 atom stereocenters. The Morgan fingerprint density at radius 2 is 2.00 bits per heavy atom. The number of carbonyl (C=O) groups excluding carboxylic acids is 1. The predicted octanol–water partition coefficient (Wildman–Crippen LogP) is 2.39. The van der Waals surface area contributed by atoms with Crippen molar-refractivity contribution in [2.45, 2.75) is 71.4 Å². The van der Waals surface area contributed by atoms with Crippen LogP contribution in [-0.2, 0) is 9.53 Å². The lowest BCUT2D eigenvalue weighted by molar-refractivity contribution is -0.134. The van der Waals surface area contributed by atoms with Crippen LogP contribution in [-0.4, -0.2) is 62.2 Å². The second kappa shape index (κ2) is 10.8. The fraction of sp³-hybridized carbons (Fsp3) is 0.900. The maximum atomic E-state index is 12.6. The Labute approximate surface area is 159 Å². The smallest absolute Gasteiger partial charge is 0.225 e. The van der Waals surface area contributed by atoms with Gasteiger partial charge < -0.3 is 20.3 Å². The molecule has 1 heterocycles. The molecule has 0 aromatic heterocycles. The Morgan fingerprint density at radius 1 is 1.27 bits per heavy atom. The second-order valence-corrected chi connectivity index (χ2v) is 7.92. The maximum absolute atomic E-state index is 12.6. The molecule has 0 bridgehead atoms. The highest BCUT2D eigenvalue weighted by molar-refractivity contribution is 5.81. The molecule has 0 aromatic carbocycles. The van der Waals surface area contributed by atoms with Crippen LogP contribution in [0, 0.1) is 11.8 Å². The Bertz CT molecular complexity index is 461. The van der Waals surface area contributed by atoms with Crippen LogP contribution in [0.1, 0.15) is 59.3 Å². The Morgan fingerprint density at radius 3 is 2.62 bits per heavy atom. The van der Waals surface area contributed by atoms with Crippen molar-refractivity contribution >= 4 is 11.9 Å². The number of carbonyl (C=O) groups is 1. The van der Waals surface area contributed by atoms with Gasteiger partial charge in [0.1, 0.15) is 0 Å². The van der Waals surface area contributed by atoms with Crippen molar-refractivity contribution in [3.05, 3.63) is 0 Å². The minimum absolute atomic E-state index is 0.275. The first kappa shape index (κ1) is 21.0. The van der Waals surface area contributed by atoms with Crippen LogP contribution in [0.5, 0.6) is 0 Å². The topological polar surface area (TPSA) is 66.0 Å². The summed E-state index contributed by atoms with van der Waals surface area (Å²) in [6, 6.07) is 0.291. The summed E-state index contributed by atoms with van der Waals surface area (Å²) in [5.74, 6) is 1.98. The third-order valence-electron chi connectivity index (χ3n) is 5.61. The van der Waals surface area contributed by atoms with Gasteiger partial charge in [-0.05, 0) is 38.5 Å². The van der Waals surface area contributed by atoms with Crippen LogP contribution in [0.4, 0.5) is 0 Å². The SMILES string of the molecule is CCOC(CCNC(=NC)NC1CCN(C(=O)C2CCCC2)C1)C(C)C. The Hall–Kier alpha value is -1.30. The molecule has 0 radical (unpaired) electrons. The van der Waals surface area contributed by atoms with Crippen molar-refractivity contribution in [3.8, 4) is 0 Å². The molecule has 2 N–H and O–H groups in total. The van der Waals surface area contributed by atoms with Gasteiger partial charge in [-0.15, -0.1) is 0 Å². The standard InChI is InChI=1S/C20H38N4O2/c1-5-26-18(15(2)3)10-12-22-20(21-4)23-17-11-13-24(14-17)19(25)16-8-6-7-9-16/h15-18H,5-14H2,1-4H3,(H2,21,22,23).